The first kappa shape index (κ1) is 12.8. The number of aryl methyl sites for hydroxylation is 1. The Balaban J connectivity index is 1.85. The molecule has 3 nitrogen and oxygen atoms in total. The van der Waals surface area contributed by atoms with Crippen LogP contribution in [0.1, 0.15) is 11.1 Å². The summed E-state index contributed by atoms with van der Waals surface area (Å²) in [6.07, 6.45) is 1.83. The van der Waals surface area contributed by atoms with Crippen LogP contribution in [0.3, 0.4) is 0 Å². The fourth-order valence-electron chi connectivity index (χ4n) is 1.99. The Hall–Kier alpha value is -1.20. The van der Waals surface area contributed by atoms with Gasteiger partial charge in [0.2, 0.25) is 0 Å². The maximum absolute atomic E-state index is 13.8. The van der Waals surface area contributed by atoms with E-state index < -0.39 is 0 Å². The Morgan fingerprint density at radius 2 is 2.21 bits per heavy atom. The van der Waals surface area contributed by atoms with Crippen molar-refractivity contribution in [2.24, 2.45) is 0 Å². The number of hydrogen-bond acceptors (Lipinski definition) is 3. The molecule has 100 valence electrons. The zero-order chi connectivity index (χ0) is 13.6. The maximum Gasteiger partial charge on any atom is 0.151 e. The van der Waals surface area contributed by atoms with Crippen LogP contribution in [0.2, 0.25) is 5.02 Å². The predicted octanol–water partition coefficient (Wildman–Crippen LogP) is 3.11. The molecule has 3 rings (SSSR count). The van der Waals surface area contributed by atoms with Gasteiger partial charge in [-0.3, -0.25) is 4.68 Å². The first-order valence-corrected chi connectivity index (χ1v) is 6.87. The molecule has 19 heavy (non-hydrogen) atoms. The summed E-state index contributed by atoms with van der Waals surface area (Å²) in [5, 5.41) is 5.12. The largest absolute Gasteiger partial charge is 0.339 e. The Labute approximate surface area is 121 Å². The molecule has 6 heteroatoms. The topological polar surface area (TPSA) is 20.8 Å². The average Bonchev–Trinajstić information content (AvgIpc) is 2.93. The molecule has 0 saturated carbocycles. The molecule has 0 amide bonds. The van der Waals surface area contributed by atoms with Crippen LogP contribution in [0, 0.1) is 12.7 Å². The van der Waals surface area contributed by atoms with Gasteiger partial charge in [0, 0.05) is 17.8 Å². The number of anilines is 1. The first-order valence-electron chi connectivity index (χ1n) is 5.98. The molecule has 0 bridgehead atoms. The van der Waals surface area contributed by atoms with Crippen LogP contribution >= 0.6 is 24.2 Å². The SMILES string of the molecule is Cc1ccc(F)c(Cn2ccc(N3C[C@@H]3S)n2)c1Cl. The van der Waals surface area contributed by atoms with E-state index in [2.05, 4.69) is 17.7 Å². The van der Waals surface area contributed by atoms with E-state index in [1.54, 1.807) is 10.7 Å². The van der Waals surface area contributed by atoms with E-state index in [1.807, 2.05) is 24.1 Å². The summed E-state index contributed by atoms with van der Waals surface area (Å²) >= 11 is 10.5. The average molecular weight is 298 g/mol. The van der Waals surface area contributed by atoms with E-state index >= 15 is 0 Å². The molecule has 1 saturated heterocycles. The minimum Gasteiger partial charge on any atom is -0.339 e. The van der Waals surface area contributed by atoms with Crippen molar-refractivity contribution in [3.63, 3.8) is 0 Å². The quantitative estimate of drug-likeness (QED) is 0.694. The van der Waals surface area contributed by atoms with Crippen molar-refractivity contribution in [1.29, 1.82) is 0 Å². The van der Waals surface area contributed by atoms with Crippen LogP contribution in [0.5, 0.6) is 0 Å². The lowest BCUT2D eigenvalue weighted by molar-refractivity contribution is 0.585. The highest BCUT2D eigenvalue weighted by Gasteiger charge is 2.32. The first-order chi connectivity index (χ1) is 9.06. The third-order valence-electron chi connectivity index (χ3n) is 3.21. The van der Waals surface area contributed by atoms with Crippen LogP contribution < -0.4 is 4.90 Å². The number of thiol groups is 1. The fraction of sp³-hybridized carbons (Fsp3) is 0.308. The zero-order valence-electron chi connectivity index (χ0n) is 10.3. The second-order valence-corrected chi connectivity index (χ2v) is 5.64. The zero-order valence-corrected chi connectivity index (χ0v) is 12.0. The molecule has 1 aromatic carbocycles. The second kappa shape index (κ2) is 4.72. The summed E-state index contributed by atoms with van der Waals surface area (Å²) in [5.41, 5.74) is 1.34. The van der Waals surface area contributed by atoms with Crippen LogP contribution in [0.25, 0.3) is 0 Å². The number of aromatic nitrogens is 2. The predicted molar refractivity (Wildman–Crippen MR) is 77.6 cm³/mol. The van der Waals surface area contributed by atoms with Crippen LogP contribution in [0.4, 0.5) is 10.2 Å². The molecule has 0 N–H and O–H groups in total. The smallest absolute Gasteiger partial charge is 0.151 e. The van der Waals surface area contributed by atoms with Gasteiger partial charge in [0.25, 0.3) is 0 Å². The summed E-state index contributed by atoms with van der Waals surface area (Å²) in [6, 6.07) is 5.02. The lowest BCUT2D eigenvalue weighted by Gasteiger charge is -2.08. The van der Waals surface area contributed by atoms with Gasteiger partial charge in [-0.25, -0.2) is 4.39 Å². The molecule has 0 spiro atoms. The molecular formula is C13H13ClFN3S. The third kappa shape index (κ3) is 2.44. The van der Waals surface area contributed by atoms with Gasteiger partial charge in [-0.1, -0.05) is 17.7 Å². The number of halogens is 2. The van der Waals surface area contributed by atoms with E-state index in [-0.39, 0.29) is 11.2 Å². The summed E-state index contributed by atoms with van der Waals surface area (Å²) < 4.78 is 15.5. The van der Waals surface area contributed by atoms with E-state index in [0.717, 1.165) is 17.9 Å². The number of rotatable bonds is 3. The van der Waals surface area contributed by atoms with Crippen molar-refractivity contribution < 1.29 is 4.39 Å². The van der Waals surface area contributed by atoms with Gasteiger partial charge < -0.3 is 4.90 Å². The van der Waals surface area contributed by atoms with Gasteiger partial charge >= 0.3 is 0 Å². The highest BCUT2D eigenvalue weighted by Crippen LogP contribution is 2.29. The number of hydrogen-bond donors (Lipinski definition) is 1. The molecule has 2 heterocycles. The van der Waals surface area contributed by atoms with E-state index in [0.29, 0.717) is 17.1 Å². The Bertz CT molecular complexity index is 628. The normalized spacial score (nSPS) is 17.9. The lowest BCUT2D eigenvalue weighted by Crippen LogP contribution is -2.05. The number of nitrogens with zero attached hydrogens (tertiary/aromatic N) is 3. The van der Waals surface area contributed by atoms with Gasteiger partial charge in [0.1, 0.15) is 5.82 Å². The maximum atomic E-state index is 13.8. The monoisotopic (exact) mass is 297 g/mol. The van der Waals surface area contributed by atoms with Gasteiger partial charge in [-0.05, 0) is 18.6 Å². The van der Waals surface area contributed by atoms with Gasteiger partial charge in [0.05, 0.1) is 23.5 Å². The number of benzene rings is 1. The fourth-order valence-corrected chi connectivity index (χ4v) is 2.50. The van der Waals surface area contributed by atoms with E-state index in [1.165, 1.54) is 6.07 Å². The summed E-state index contributed by atoms with van der Waals surface area (Å²) in [5.74, 6) is 0.565. The molecule has 2 aromatic rings. The molecule has 0 unspecified atom stereocenters. The highest BCUT2D eigenvalue weighted by molar-refractivity contribution is 7.81. The van der Waals surface area contributed by atoms with Crippen molar-refractivity contribution in [2.45, 2.75) is 18.8 Å². The summed E-state index contributed by atoms with van der Waals surface area (Å²) in [6.45, 7) is 3.10. The van der Waals surface area contributed by atoms with Crippen molar-refractivity contribution >= 4 is 30.0 Å². The van der Waals surface area contributed by atoms with Gasteiger partial charge in [-0.2, -0.15) is 17.7 Å². The van der Waals surface area contributed by atoms with E-state index in [4.69, 9.17) is 11.6 Å². The molecule has 0 radical (unpaired) electrons. The van der Waals surface area contributed by atoms with Gasteiger partial charge in [-0.15, -0.1) is 0 Å². The van der Waals surface area contributed by atoms with Crippen molar-refractivity contribution in [2.75, 3.05) is 11.4 Å². The Morgan fingerprint density at radius 1 is 1.47 bits per heavy atom. The Kier molecular flexibility index (Phi) is 3.19. The highest BCUT2D eigenvalue weighted by atomic mass is 35.5. The van der Waals surface area contributed by atoms with E-state index in [9.17, 15) is 4.39 Å². The molecule has 1 atom stereocenters. The van der Waals surface area contributed by atoms with Crippen molar-refractivity contribution in [1.82, 2.24) is 9.78 Å². The second-order valence-electron chi connectivity index (χ2n) is 4.66. The molecular weight excluding hydrogens is 285 g/mol. The molecule has 1 aliphatic heterocycles. The molecule has 0 aliphatic carbocycles. The molecule has 1 aliphatic rings. The van der Waals surface area contributed by atoms with Crippen LogP contribution in [-0.4, -0.2) is 21.7 Å². The standard InChI is InChI=1S/C13H13ClFN3S/c1-8-2-3-10(15)9(13(8)14)6-17-5-4-11(16-17)18-7-12(18)19/h2-5,12,19H,6-7H2,1H3/t12-,18?/m0/s1. The minimum absolute atomic E-state index is 0.252. The lowest BCUT2D eigenvalue weighted by atomic mass is 10.1. The summed E-state index contributed by atoms with van der Waals surface area (Å²) in [4.78, 5) is 2.05. The van der Waals surface area contributed by atoms with Gasteiger partial charge in [0.15, 0.2) is 5.82 Å². The van der Waals surface area contributed by atoms with Crippen molar-refractivity contribution in [3.8, 4) is 0 Å². The molecule has 1 aromatic heterocycles. The van der Waals surface area contributed by atoms with Crippen LogP contribution in [-0.2, 0) is 6.54 Å². The third-order valence-corrected chi connectivity index (χ3v) is 4.17. The summed E-state index contributed by atoms with van der Waals surface area (Å²) in [7, 11) is 0. The van der Waals surface area contributed by atoms with Crippen molar-refractivity contribution in [3.05, 3.63) is 46.4 Å². The molecule has 1 fully saturated rings. The minimum atomic E-state index is -0.300. The Morgan fingerprint density at radius 3 is 2.89 bits per heavy atom. The van der Waals surface area contributed by atoms with Crippen LogP contribution in [0.15, 0.2) is 24.4 Å².